The molecule has 0 bridgehead atoms. The number of benzene rings is 3. The molecule has 0 saturated carbocycles. The highest BCUT2D eigenvalue weighted by atomic mass is 16.3. The summed E-state index contributed by atoms with van der Waals surface area (Å²) in [5.41, 5.74) is 5.32. The maximum Gasteiger partial charge on any atom is 0.123 e. The van der Waals surface area contributed by atoms with Crippen LogP contribution in [0.4, 0.5) is 0 Å². The van der Waals surface area contributed by atoms with Gasteiger partial charge in [-0.25, -0.2) is 0 Å². The Labute approximate surface area is 128 Å². The lowest BCUT2D eigenvalue weighted by atomic mass is 9.98. The molecular formula is C20H15NO. The van der Waals surface area contributed by atoms with Crippen LogP contribution in [-0.4, -0.2) is 10.1 Å². The maximum atomic E-state index is 10.0. The van der Waals surface area contributed by atoms with Crippen molar-refractivity contribution in [3.05, 3.63) is 79.0 Å². The van der Waals surface area contributed by atoms with Gasteiger partial charge in [-0.1, -0.05) is 42.5 Å². The lowest BCUT2D eigenvalue weighted by molar-refractivity contribution is 0.477. The molecule has 4 rings (SSSR count). The van der Waals surface area contributed by atoms with Crippen LogP contribution >= 0.6 is 0 Å². The number of hydrogen-bond donors (Lipinski definition) is 2. The van der Waals surface area contributed by atoms with Crippen LogP contribution in [0.2, 0.25) is 0 Å². The van der Waals surface area contributed by atoms with Gasteiger partial charge in [0.25, 0.3) is 0 Å². The molecule has 0 fully saturated rings. The van der Waals surface area contributed by atoms with Crippen LogP contribution in [0, 0.1) is 0 Å². The third kappa shape index (κ3) is 2.15. The number of nitrogens with one attached hydrogen (secondary N) is 1. The molecule has 106 valence electrons. The second-order valence-electron chi connectivity index (χ2n) is 5.38. The zero-order chi connectivity index (χ0) is 14.9. The Morgan fingerprint density at radius 2 is 1.50 bits per heavy atom. The van der Waals surface area contributed by atoms with Gasteiger partial charge in [0.15, 0.2) is 0 Å². The van der Waals surface area contributed by atoms with Crippen LogP contribution in [0.3, 0.4) is 0 Å². The van der Waals surface area contributed by atoms with Gasteiger partial charge in [-0.05, 0) is 52.4 Å². The van der Waals surface area contributed by atoms with Crippen LogP contribution in [0.15, 0.2) is 79.0 Å². The molecule has 0 aliphatic carbocycles. The van der Waals surface area contributed by atoms with Gasteiger partial charge in [0.05, 0.1) is 0 Å². The van der Waals surface area contributed by atoms with Crippen LogP contribution in [0.1, 0.15) is 0 Å². The fourth-order valence-electron chi connectivity index (χ4n) is 2.82. The summed E-state index contributed by atoms with van der Waals surface area (Å²) in [7, 11) is 0. The van der Waals surface area contributed by atoms with E-state index in [1.165, 1.54) is 10.9 Å². The molecule has 0 unspecified atom stereocenters. The highest BCUT2D eigenvalue weighted by Gasteiger charge is 2.06. The first-order chi connectivity index (χ1) is 10.8. The van der Waals surface area contributed by atoms with Crippen LogP contribution in [0.5, 0.6) is 5.75 Å². The van der Waals surface area contributed by atoms with E-state index in [0.29, 0.717) is 5.75 Å². The predicted octanol–water partition coefficient (Wildman–Crippen LogP) is 5.21. The smallest absolute Gasteiger partial charge is 0.123 e. The van der Waals surface area contributed by atoms with Gasteiger partial charge in [0.2, 0.25) is 0 Å². The molecule has 0 amide bonds. The van der Waals surface area contributed by atoms with Crippen molar-refractivity contribution in [3.8, 4) is 28.0 Å². The molecule has 0 atom stereocenters. The van der Waals surface area contributed by atoms with Crippen molar-refractivity contribution in [2.45, 2.75) is 0 Å². The number of fused-ring (bicyclic) bond motifs is 1. The van der Waals surface area contributed by atoms with Gasteiger partial charge in [-0.2, -0.15) is 0 Å². The first-order valence-electron chi connectivity index (χ1n) is 7.27. The minimum absolute atomic E-state index is 0.306. The number of para-hydroxylation sites is 1. The Bertz CT molecular complexity index is 953. The molecule has 4 aromatic rings. The molecule has 1 aromatic heterocycles. The molecule has 0 saturated heterocycles. The molecule has 1 heterocycles. The van der Waals surface area contributed by atoms with Crippen LogP contribution in [-0.2, 0) is 0 Å². The number of H-pyrrole nitrogens is 1. The lowest BCUT2D eigenvalue weighted by Gasteiger charge is -2.08. The van der Waals surface area contributed by atoms with Crippen molar-refractivity contribution in [3.63, 3.8) is 0 Å². The Hall–Kier alpha value is -3.00. The average molecular weight is 285 g/mol. The van der Waals surface area contributed by atoms with Crippen LogP contribution < -0.4 is 0 Å². The standard InChI is InChI=1S/C20H15NO/c22-20-7-2-1-6-18(20)16-5-3-4-14(12-16)15-8-9-19-17(13-15)10-11-21-19/h1-13,21-22H. The summed E-state index contributed by atoms with van der Waals surface area (Å²) >= 11 is 0. The number of aromatic amines is 1. The maximum absolute atomic E-state index is 10.0. The fraction of sp³-hybridized carbons (Fsp3) is 0. The van der Waals surface area contributed by atoms with Gasteiger partial charge in [-0.3, -0.25) is 0 Å². The third-order valence-electron chi connectivity index (χ3n) is 3.96. The van der Waals surface area contributed by atoms with Gasteiger partial charge >= 0.3 is 0 Å². The molecule has 0 radical (unpaired) electrons. The van der Waals surface area contributed by atoms with Gasteiger partial charge in [-0.15, -0.1) is 0 Å². The molecule has 3 aromatic carbocycles. The Balaban J connectivity index is 1.83. The number of phenolic OH excluding ortho intramolecular Hbond substituents is 1. The molecule has 22 heavy (non-hydrogen) atoms. The van der Waals surface area contributed by atoms with E-state index in [9.17, 15) is 5.11 Å². The number of phenols is 1. The summed E-state index contributed by atoms with van der Waals surface area (Å²) in [6.07, 6.45) is 1.95. The number of aromatic nitrogens is 1. The largest absolute Gasteiger partial charge is 0.507 e. The molecule has 2 nitrogen and oxygen atoms in total. The van der Waals surface area contributed by atoms with E-state index in [2.05, 4.69) is 41.4 Å². The zero-order valence-corrected chi connectivity index (χ0v) is 12.0. The van der Waals surface area contributed by atoms with E-state index in [1.54, 1.807) is 6.07 Å². The van der Waals surface area contributed by atoms with Gasteiger partial charge in [0.1, 0.15) is 5.75 Å². The summed E-state index contributed by atoms with van der Waals surface area (Å²) in [5.74, 6) is 0.306. The topological polar surface area (TPSA) is 36.0 Å². The first kappa shape index (κ1) is 12.7. The minimum atomic E-state index is 0.306. The summed E-state index contributed by atoms with van der Waals surface area (Å²) in [6.45, 7) is 0. The van der Waals surface area contributed by atoms with E-state index in [-0.39, 0.29) is 0 Å². The highest BCUT2D eigenvalue weighted by Crippen LogP contribution is 2.32. The van der Waals surface area contributed by atoms with E-state index >= 15 is 0 Å². The molecule has 0 spiro atoms. The molecule has 2 heteroatoms. The van der Waals surface area contributed by atoms with Gasteiger partial charge in [0, 0.05) is 17.3 Å². The summed E-state index contributed by atoms with van der Waals surface area (Å²) in [5, 5.41) is 11.2. The normalized spacial score (nSPS) is 10.9. The van der Waals surface area contributed by atoms with Crippen molar-refractivity contribution >= 4 is 10.9 Å². The second-order valence-corrected chi connectivity index (χ2v) is 5.38. The summed E-state index contributed by atoms with van der Waals surface area (Å²) in [4.78, 5) is 3.21. The Morgan fingerprint density at radius 1 is 0.682 bits per heavy atom. The van der Waals surface area contributed by atoms with E-state index < -0.39 is 0 Å². The van der Waals surface area contributed by atoms with Crippen molar-refractivity contribution in [1.29, 1.82) is 0 Å². The Morgan fingerprint density at radius 3 is 2.41 bits per heavy atom. The molecule has 0 aliphatic rings. The number of rotatable bonds is 2. The fourth-order valence-corrected chi connectivity index (χ4v) is 2.82. The second kappa shape index (κ2) is 5.08. The zero-order valence-electron chi connectivity index (χ0n) is 12.0. The first-order valence-corrected chi connectivity index (χ1v) is 7.27. The van der Waals surface area contributed by atoms with Gasteiger partial charge < -0.3 is 10.1 Å². The Kier molecular flexibility index (Phi) is 2.94. The highest BCUT2D eigenvalue weighted by molar-refractivity contribution is 5.86. The minimum Gasteiger partial charge on any atom is -0.507 e. The van der Waals surface area contributed by atoms with E-state index in [4.69, 9.17) is 0 Å². The van der Waals surface area contributed by atoms with Crippen molar-refractivity contribution in [2.24, 2.45) is 0 Å². The summed E-state index contributed by atoms with van der Waals surface area (Å²) in [6, 6.07) is 24.1. The van der Waals surface area contributed by atoms with Crippen molar-refractivity contribution in [2.75, 3.05) is 0 Å². The third-order valence-corrected chi connectivity index (χ3v) is 3.96. The van der Waals surface area contributed by atoms with Crippen molar-refractivity contribution < 1.29 is 5.11 Å². The molecule has 2 N–H and O–H groups in total. The number of hydrogen-bond acceptors (Lipinski definition) is 1. The van der Waals surface area contributed by atoms with Crippen LogP contribution in [0.25, 0.3) is 33.2 Å². The quantitative estimate of drug-likeness (QED) is 0.521. The van der Waals surface area contributed by atoms with E-state index in [0.717, 1.165) is 22.2 Å². The molecule has 0 aliphatic heterocycles. The SMILES string of the molecule is Oc1ccccc1-c1cccc(-c2ccc3[nH]ccc3c2)c1. The molecular weight excluding hydrogens is 270 g/mol. The average Bonchev–Trinajstić information content (AvgIpc) is 3.03. The lowest BCUT2D eigenvalue weighted by Crippen LogP contribution is -1.82. The van der Waals surface area contributed by atoms with E-state index in [1.807, 2.05) is 36.5 Å². The summed E-state index contributed by atoms with van der Waals surface area (Å²) < 4.78 is 0. The monoisotopic (exact) mass is 285 g/mol. The van der Waals surface area contributed by atoms with Crippen molar-refractivity contribution in [1.82, 2.24) is 4.98 Å². The predicted molar refractivity (Wildman–Crippen MR) is 90.8 cm³/mol. The number of aromatic hydroxyl groups is 1.